The Balaban J connectivity index is 2.16. The molecule has 3 atom stereocenters. The predicted octanol–water partition coefficient (Wildman–Crippen LogP) is 2.85. The molecule has 0 nitrogen and oxygen atoms in total. The Hall–Kier alpha value is -0.260. The summed E-state index contributed by atoms with van der Waals surface area (Å²) in [5.41, 5.74) is 0.640. The third-order valence-electron chi connectivity index (χ3n) is 3.41. The van der Waals surface area contributed by atoms with Gasteiger partial charge in [-0.1, -0.05) is 32.9 Å². The average Bonchev–Trinajstić information content (AvgIpc) is 2.36. The smallest absolute Gasteiger partial charge is 0.0145 e. The molecule has 0 aromatic rings. The van der Waals surface area contributed by atoms with Crippen LogP contribution in [0.5, 0.6) is 0 Å². The standard InChI is InChI=1S/C10H16/c1-7-4-5-8-9(6-7)10(8,2)3/h4-5,7-9H,6H2,1-3H3/t7-,8-,9-/m1/s1. The van der Waals surface area contributed by atoms with Gasteiger partial charge in [-0.15, -0.1) is 0 Å². The van der Waals surface area contributed by atoms with Gasteiger partial charge in [0.2, 0.25) is 0 Å². The van der Waals surface area contributed by atoms with Gasteiger partial charge in [-0.2, -0.15) is 0 Å². The van der Waals surface area contributed by atoms with Crippen molar-refractivity contribution in [3.63, 3.8) is 0 Å². The zero-order valence-corrected chi connectivity index (χ0v) is 7.09. The molecule has 2 aliphatic carbocycles. The van der Waals surface area contributed by atoms with Crippen LogP contribution >= 0.6 is 0 Å². The van der Waals surface area contributed by atoms with Crippen LogP contribution in [0, 0.1) is 23.2 Å². The van der Waals surface area contributed by atoms with Gasteiger partial charge >= 0.3 is 0 Å². The highest BCUT2D eigenvalue weighted by atomic mass is 14.6. The molecule has 10 heavy (non-hydrogen) atoms. The molecule has 56 valence electrons. The summed E-state index contributed by atoms with van der Waals surface area (Å²) in [6.45, 7) is 7.11. The molecular formula is C10H16. The highest BCUT2D eigenvalue weighted by Crippen LogP contribution is 2.63. The lowest BCUT2D eigenvalue weighted by atomic mass is 9.97. The molecule has 0 aromatic heterocycles. The van der Waals surface area contributed by atoms with Crippen LogP contribution in [0.15, 0.2) is 12.2 Å². The Morgan fingerprint density at radius 1 is 1.30 bits per heavy atom. The highest BCUT2D eigenvalue weighted by Gasteiger charge is 2.56. The second-order valence-electron chi connectivity index (χ2n) is 4.55. The van der Waals surface area contributed by atoms with Crippen LogP contribution in [0.2, 0.25) is 0 Å². The molecule has 0 radical (unpaired) electrons. The van der Waals surface area contributed by atoms with Crippen LogP contribution < -0.4 is 0 Å². The Labute approximate surface area is 63.3 Å². The summed E-state index contributed by atoms with van der Waals surface area (Å²) in [5.74, 6) is 2.76. The van der Waals surface area contributed by atoms with E-state index < -0.39 is 0 Å². The van der Waals surface area contributed by atoms with E-state index in [1.807, 2.05) is 0 Å². The van der Waals surface area contributed by atoms with Crippen molar-refractivity contribution >= 4 is 0 Å². The fourth-order valence-electron chi connectivity index (χ4n) is 2.41. The maximum Gasteiger partial charge on any atom is -0.0145 e. The van der Waals surface area contributed by atoms with Gasteiger partial charge in [0.05, 0.1) is 0 Å². The third-order valence-corrected chi connectivity index (χ3v) is 3.41. The summed E-state index contributed by atoms with van der Waals surface area (Å²) in [7, 11) is 0. The van der Waals surface area contributed by atoms with Crippen molar-refractivity contribution in [2.24, 2.45) is 23.2 Å². The normalized spacial score (nSPS) is 48.5. The second-order valence-corrected chi connectivity index (χ2v) is 4.55. The maximum absolute atomic E-state index is 2.43. The van der Waals surface area contributed by atoms with E-state index in [9.17, 15) is 0 Å². The molecule has 0 unspecified atom stereocenters. The van der Waals surface area contributed by atoms with Gasteiger partial charge in [-0.25, -0.2) is 0 Å². The number of fused-ring (bicyclic) bond motifs is 1. The SMILES string of the molecule is C[C@@H]1C=C[C@@H]2[C@@H](C1)C2(C)C. The summed E-state index contributed by atoms with van der Waals surface area (Å²) >= 11 is 0. The summed E-state index contributed by atoms with van der Waals surface area (Å²) in [5, 5.41) is 0. The van der Waals surface area contributed by atoms with Crippen molar-refractivity contribution in [2.45, 2.75) is 27.2 Å². The monoisotopic (exact) mass is 136 g/mol. The fraction of sp³-hybridized carbons (Fsp3) is 0.800. The maximum atomic E-state index is 2.43. The molecule has 0 N–H and O–H groups in total. The quantitative estimate of drug-likeness (QED) is 0.449. The Morgan fingerprint density at radius 3 is 2.50 bits per heavy atom. The zero-order chi connectivity index (χ0) is 7.35. The minimum Gasteiger partial charge on any atom is -0.0854 e. The first-order chi connectivity index (χ1) is 4.62. The van der Waals surface area contributed by atoms with Crippen LogP contribution in [0.3, 0.4) is 0 Å². The van der Waals surface area contributed by atoms with Gasteiger partial charge in [0, 0.05) is 0 Å². The molecule has 0 heterocycles. The molecule has 1 saturated carbocycles. The Bertz CT molecular complexity index is 176. The molecule has 2 aliphatic rings. The van der Waals surface area contributed by atoms with Gasteiger partial charge in [-0.05, 0) is 29.6 Å². The largest absolute Gasteiger partial charge is 0.0854 e. The van der Waals surface area contributed by atoms with E-state index in [0.717, 1.165) is 17.8 Å². The van der Waals surface area contributed by atoms with Crippen molar-refractivity contribution in [3.8, 4) is 0 Å². The number of rotatable bonds is 0. The van der Waals surface area contributed by atoms with Gasteiger partial charge in [0.1, 0.15) is 0 Å². The molecule has 0 amide bonds. The lowest BCUT2D eigenvalue weighted by Gasteiger charge is -2.08. The number of hydrogen-bond donors (Lipinski definition) is 0. The summed E-state index contributed by atoms with van der Waals surface area (Å²) in [4.78, 5) is 0. The Morgan fingerprint density at radius 2 is 2.00 bits per heavy atom. The third kappa shape index (κ3) is 0.680. The van der Waals surface area contributed by atoms with Gasteiger partial charge in [0.15, 0.2) is 0 Å². The van der Waals surface area contributed by atoms with E-state index in [-0.39, 0.29) is 0 Å². The van der Waals surface area contributed by atoms with Gasteiger partial charge < -0.3 is 0 Å². The first kappa shape index (κ1) is 6.45. The zero-order valence-electron chi connectivity index (χ0n) is 7.09. The van der Waals surface area contributed by atoms with E-state index >= 15 is 0 Å². The van der Waals surface area contributed by atoms with Crippen molar-refractivity contribution in [2.75, 3.05) is 0 Å². The molecule has 0 aliphatic heterocycles. The molecule has 0 saturated heterocycles. The van der Waals surface area contributed by atoms with Gasteiger partial charge in [-0.3, -0.25) is 0 Å². The van der Waals surface area contributed by atoms with Crippen molar-refractivity contribution < 1.29 is 0 Å². The predicted molar refractivity (Wildman–Crippen MR) is 43.7 cm³/mol. The Kier molecular flexibility index (Phi) is 1.07. The van der Waals surface area contributed by atoms with Crippen LogP contribution in [0.25, 0.3) is 0 Å². The first-order valence-electron chi connectivity index (χ1n) is 4.30. The van der Waals surface area contributed by atoms with Crippen molar-refractivity contribution in [3.05, 3.63) is 12.2 Å². The van der Waals surface area contributed by atoms with Crippen molar-refractivity contribution in [1.29, 1.82) is 0 Å². The van der Waals surface area contributed by atoms with E-state index in [1.165, 1.54) is 6.42 Å². The molecule has 2 rings (SSSR count). The second kappa shape index (κ2) is 1.66. The molecule has 0 spiro atoms. The van der Waals surface area contributed by atoms with Gasteiger partial charge in [0.25, 0.3) is 0 Å². The molecule has 0 bridgehead atoms. The van der Waals surface area contributed by atoms with E-state index in [0.29, 0.717) is 5.41 Å². The van der Waals surface area contributed by atoms with Crippen LogP contribution in [-0.4, -0.2) is 0 Å². The number of allylic oxidation sites excluding steroid dienone is 2. The van der Waals surface area contributed by atoms with E-state index in [2.05, 4.69) is 32.9 Å². The molecule has 0 aromatic carbocycles. The lowest BCUT2D eigenvalue weighted by Crippen LogP contribution is -1.97. The fourth-order valence-corrected chi connectivity index (χ4v) is 2.41. The van der Waals surface area contributed by atoms with E-state index in [4.69, 9.17) is 0 Å². The lowest BCUT2D eigenvalue weighted by molar-refractivity contribution is 0.487. The van der Waals surface area contributed by atoms with Crippen LogP contribution in [0.4, 0.5) is 0 Å². The topological polar surface area (TPSA) is 0 Å². The van der Waals surface area contributed by atoms with Crippen LogP contribution in [0.1, 0.15) is 27.2 Å². The summed E-state index contributed by atoms with van der Waals surface area (Å²) in [6, 6.07) is 0. The minimum absolute atomic E-state index is 0.640. The first-order valence-corrected chi connectivity index (χ1v) is 4.30. The molecule has 1 fully saturated rings. The highest BCUT2D eigenvalue weighted by molar-refractivity contribution is 5.18. The minimum atomic E-state index is 0.640. The average molecular weight is 136 g/mol. The van der Waals surface area contributed by atoms with Crippen molar-refractivity contribution in [1.82, 2.24) is 0 Å². The molecular weight excluding hydrogens is 120 g/mol. The summed E-state index contributed by atoms with van der Waals surface area (Å²) in [6.07, 6.45) is 6.24. The van der Waals surface area contributed by atoms with Crippen LogP contribution in [-0.2, 0) is 0 Å². The number of hydrogen-bond acceptors (Lipinski definition) is 0. The summed E-state index contributed by atoms with van der Waals surface area (Å²) < 4.78 is 0. The molecule has 0 heteroatoms. The van der Waals surface area contributed by atoms with E-state index in [1.54, 1.807) is 0 Å².